The molecular weight excluding hydrogens is 391 g/mol. The Balaban J connectivity index is 1.70. The predicted molar refractivity (Wildman–Crippen MR) is 111 cm³/mol. The van der Waals surface area contributed by atoms with Crippen LogP contribution in [0.5, 0.6) is 0 Å². The Kier molecular flexibility index (Phi) is 5.92. The molecule has 1 fully saturated rings. The number of carbonyl (C=O) groups excluding carboxylic acids is 1. The van der Waals surface area contributed by atoms with E-state index in [-0.39, 0.29) is 11.7 Å². The highest BCUT2D eigenvalue weighted by molar-refractivity contribution is 7.07. The van der Waals surface area contributed by atoms with Crippen LogP contribution in [0.1, 0.15) is 23.3 Å². The number of nitrogens with one attached hydrogen (secondary N) is 1. The van der Waals surface area contributed by atoms with Gasteiger partial charge in [-0.05, 0) is 31.0 Å². The number of aromatic amines is 1. The van der Waals surface area contributed by atoms with Crippen molar-refractivity contribution in [3.05, 3.63) is 58.2 Å². The number of amides is 1. The Morgan fingerprint density at radius 3 is 2.86 bits per heavy atom. The van der Waals surface area contributed by atoms with Crippen molar-refractivity contribution in [2.45, 2.75) is 19.4 Å². The van der Waals surface area contributed by atoms with Gasteiger partial charge in [0, 0.05) is 43.9 Å². The normalized spacial score (nSPS) is 14.7. The van der Waals surface area contributed by atoms with E-state index in [1.54, 1.807) is 25.3 Å². The van der Waals surface area contributed by atoms with Gasteiger partial charge in [0.25, 0.3) is 5.91 Å². The molecule has 6 nitrogen and oxygen atoms in total. The van der Waals surface area contributed by atoms with Crippen molar-refractivity contribution >= 4 is 22.9 Å². The van der Waals surface area contributed by atoms with Crippen LogP contribution in [0.2, 0.25) is 0 Å². The highest BCUT2D eigenvalue weighted by atomic mass is 32.1. The van der Waals surface area contributed by atoms with Crippen molar-refractivity contribution in [2.24, 2.45) is 4.99 Å². The maximum Gasteiger partial charge on any atom is 0.270 e. The Morgan fingerprint density at radius 2 is 2.10 bits per heavy atom. The number of hydrogen-bond acceptors (Lipinski definition) is 4. The fourth-order valence-electron chi connectivity index (χ4n) is 3.45. The Labute approximate surface area is 172 Å². The van der Waals surface area contributed by atoms with E-state index in [2.05, 4.69) is 9.98 Å². The molecule has 1 aromatic carbocycles. The number of aromatic nitrogens is 2. The average Bonchev–Trinajstić information content (AvgIpc) is 3.48. The molecular formula is C21H23FN4O2S. The third-order valence-corrected chi connectivity index (χ3v) is 5.85. The molecule has 0 saturated carbocycles. The van der Waals surface area contributed by atoms with Crippen LogP contribution >= 0.6 is 11.3 Å². The van der Waals surface area contributed by atoms with Gasteiger partial charge in [0.15, 0.2) is 4.80 Å². The second-order valence-electron chi connectivity index (χ2n) is 6.91. The first-order valence-corrected chi connectivity index (χ1v) is 10.5. The molecule has 1 saturated heterocycles. The number of likely N-dealkylation sites (tertiary alicyclic amines) is 1. The molecule has 0 aliphatic carbocycles. The highest BCUT2D eigenvalue weighted by Crippen LogP contribution is 2.24. The zero-order chi connectivity index (χ0) is 20.2. The van der Waals surface area contributed by atoms with Gasteiger partial charge < -0.3 is 19.2 Å². The molecule has 3 aromatic rings. The van der Waals surface area contributed by atoms with Gasteiger partial charge >= 0.3 is 0 Å². The molecule has 0 unspecified atom stereocenters. The number of para-hydroxylation sites is 1. The largest absolute Gasteiger partial charge is 0.383 e. The topological polar surface area (TPSA) is 62.6 Å². The van der Waals surface area contributed by atoms with Crippen molar-refractivity contribution in [3.8, 4) is 11.3 Å². The van der Waals surface area contributed by atoms with Crippen molar-refractivity contribution < 1.29 is 13.9 Å². The number of carbonyl (C=O) groups is 1. The van der Waals surface area contributed by atoms with E-state index in [9.17, 15) is 9.18 Å². The lowest BCUT2D eigenvalue weighted by molar-refractivity contribution is 0.0787. The third kappa shape index (κ3) is 4.18. The maximum atomic E-state index is 14.1. The van der Waals surface area contributed by atoms with Crippen molar-refractivity contribution in [3.63, 3.8) is 0 Å². The van der Waals surface area contributed by atoms with Crippen LogP contribution in [0, 0.1) is 5.82 Å². The Hall–Kier alpha value is -2.71. The number of nitrogens with zero attached hydrogens (tertiary/aromatic N) is 3. The molecule has 0 bridgehead atoms. The molecule has 8 heteroatoms. The SMILES string of the molecule is COCCn1c(-c2c[nH]c(C(=O)N3CCCC3)c2)csc1=Nc1ccccc1F. The number of methoxy groups -OCH3 is 1. The summed E-state index contributed by atoms with van der Waals surface area (Å²) in [7, 11) is 1.64. The summed E-state index contributed by atoms with van der Waals surface area (Å²) < 4.78 is 21.3. The summed E-state index contributed by atoms with van der Waals surface area (Å²) in [6, 6.07) is 8.33. The lowest BCUT2D eigenvalue weighted by Crippen LogP contribution is -2.27. The summed E-state index contributed by atoms with van der Waals surface area (Å²) in [6.07, 6.45) is 3.95. The van der Waals surface area contributed by atoms with E-state index in [0.29, 0.717) is 29.3 Å². The van der Waals surface area contributed by atoms with Crippen LogP contribution in [0.15, 0.2) is 46.9 Å². The van der Waals surface area contributed by atoms with E-state index in [4.69, 9.17) is 4.74 Å². The fraction of sp³-hybridized carbons (Fsp3) is 0.333. The molecule has 0 radical (unpaired) electrons. The van der Waals surface area contributed by atoms with Crippen molar-refractivity contribution in [1.82, 2.24) is 14.5 Å². The molecule has 3 heterocycles. The first-order chi connectivity index (χ1) is 14.2. The van der Waals surface area contributed by atoms with Crippen LogP contribution in [-0.2, 0) is 11.3 Å². The predicted octanol–water partition coefficient (Wildman–Crippen LogP) is 3.80. The lowest BCUT2D eigenvalue weighted by Gasteiger charge is -2.13. The molecule has 2 aromatic heterocycles. The average molecular weight is 415 g/mol. The number of hydrogen-bond donors (Lipinski definition) is 1. The van der Waals surface area contributed by atoms with Gasteiger partial charge in [-0.2, -0.15) is 0 Å². The monoisotopic (exact) mass is 414 g/mol. The van der Waals surface area contributed by atoms with Crippen LogP contribution in [0.3, 0.4) is 0 Å². The molecule has 29 heavy (non-hydrogen) atoms. The van der Waals surface area contributed by atoms with E-state index >= 15 is 0 Å². The summed E-state index contributed by atoms with van der Waals surface area (Å²) in [5, 5.41) is 1.97. The van der Waals surface area contributed by atoms with Gasteiger partial charge in [-0.25, -0.2) is 9.38 Å². The van der Waals surface area contributed by atoms with E-state index in [0.717, 1.165) is 37.2 Å². The first-order valence-electron chi connectivity index (χ1n) is 9.62. The second kappa shape index (κ2) is 8.75. The number of thiazole rings is 1. The van der Waals surface area contributed by atoms with E-state index < -0.39 is 0 Å². The summed E-state index contributed by atoms with van der Waals surface area (Å²) in [4.78, 5) is 22.8. The summed E-state index contributed by atoms with van der Waals surface area (Å²) in [5.41, 5.74) is 2.69. The number of benzene rings is 1. The van der Waals surface area contributed by atoms with E-state index in [1.807, 2.05) is 27.1 Å². The van der Waals surface area contributed by atoms with Crippen LogP contribution in [0.25, 0.3) is 11.3 Å². The van der Waals surface area contributed by atoms with Gasteiger partial charge in [-0.15, -0.1) is 11.3 Å². The molecule has 4 rings (SSSR count). The second-order valence-corrected chi connectivity index (χ2v) is 7.75. The molecule has 152 valence electrons. The van der Waals surface area contributed by atoms with Gasteiger partial charge in [0.2, 0.25) is 0 Å². The van der Waals surface area contributed by atoms with E-state index in [1.165, 1.54) is 17.4 Å². The van der Waals surface area contributed by atoms with Crippen LogP contribution < -0.4 is 4.80 Å². The standard InChI is InChI=1S/C21H23FN4O2S/c1-28-11-10-26-19(14-29-21(26)24-17-7-3-2-6-16(17)22)15-12-18(23-13-15)20(27)25-8-4-5-9-25/h2-3,6-7,12-14,23H,4-5,8-11H2,1H3. The molecule has 1 aliphatic rings. The van der Waals surface area contributed by atoms with Crippen molar-refractivity contribution in [2.75, 3.05) is 26.8 Å². The number of halogens is 1. The zero-order valence-corrected chi connectivity index (χ0v) is 17.0. The van der Waals surface area contributed by atoms with Crippen LogP contribution in [0.4, 0.5) is 10.1 Å². The van der Waals surface area contributed by atoms with Gasteiger partial charge in [0.05, 0.1) is 12.3 Å². The third-order valence-electron chi connectivity index (χ3n) is 4.99. The smallest absolute Gasteiger partial charge is 0.270 e. The first kappa shape index (κ1) is 19.6. The zero-order valence-electron chi connectivity index (χ0n) is 16.2. The molecule has 1 N–H and O–H groups in total. The molecule has 1 aliphatic heterocycles. The Bertz CT molecular complexity index is 1060. The number of H-pyrrole nitrogens is 1. The molecule has 1 amide bonds. The van der Waals surface area contributed by atoms with Gasteiger partial charge in [-0.1, -0.05) is 12.1 Å². The summed E-state index contributed by atoms with van der Waals surface area (Å²) >= 11 is 1.43. The quantitative estimate of drug-likeness (QED) is 0.667. The summed E-state index contributed by atoms with van der Waals surface area (Å²) in [5.74, 6) is -0.329. The minimum absolute atomic E-state index is 0.0312. The van der Waals surface area contributed by atoms with Crippen LogP contribution in [-0.4, -0.2) is 47.2 Å². The Morgan fingerprint density at radius 1 is 1.31 bits per heavy atom. The summed E-state index contributed by atoms with van der Waals surface area (Å²) in [6.45, 7) is 2.69. The van der Waals surface area contributed by atoms with Gasteiger partial charge in [-0.3, -0.25) is 4.79 Å². The minimum Gasteiger partial charge on any atom is -0.383 e. The molecule has 0 atom stereocenters. The van der Waals surface area contributed by atoms with Crippen molar-refractivity contribution in [1.29, 1.82) is 0 Å². The lowest BCUT2D eigenvalue weighted by atomic mass is 10.2. The fourth-order valence-corrected chi connectivity index (χ4v) is 4.40. The number of rotatable bonds is 6. The highest BCUT2D eigenvalue weighted by Gasteiger charge is 2.21. The maximum absolute atomic E-state index is 14.1. The minimum atomic E-state index is -0.360. The number of ether oxygens (including phenoxy) is 1. The molecule has 0 spiro atoms. The van der Waals surface area contributed by atoms with Gasteiger partial charge in [0.1, 0.15) is 17.2 Å².